The molecule has 3 heteroatoms. The van der Waals surface area contributed by atoms with Crippen molar-refractivity contribution in [2.45, 2.75) is 5.41 Å². The third-order valence-electron chi connectivity index (χ3n) is 11.0. The first-order valence-corrected chi connectivity index (χ1v) is 18.6. The molecule has 0 saturated carbocycles. The molecule has 52 heavy (non-hydrogen) atoms. The summed E-state index contributed by atoms with van der Waals surface area (Å²) in [6, 6.07) is 66.1. The Labute approximate surface area is 305 Å². The molecule has 0 bridgehead atoms. The van der Waals surface area contributed by atoms with Crippen molar-refractivity contribution in [3.05, 3.63) is 204 Å². The van der Waals surface area contributed by atoms with Crippen molar-refractivity contribution in [2.75, 3.05) is 0 Å². The van der Waals surface area contributed by atoms with Crippen molar-refractivity contribution in [2.24, 2.45) is 0 Å². The molecule has 2 heterocycles. The van der Waals surface area contributed by atoms with Crippen molar-refractivity contribution < 1.29 is 0 Å². The molecule has 0 N–H and O–H groups in total. The number of thiophene rings is 1. The minimum absolute atomic E-state index is 0.494. The van der Waals surface area contributed by atoms with Crippen LogP contribution in [0.2, 0.25) is 0 Å². The van der Waals surface area contributed by atoms with Gasteiger partial charge in [0.25, 0.3) is 0 Å². The number of rotatable bonds is 4. The lowest BCUT2D eigenvalue weighted by molar-refractivity contribution is 0.770. The second kappa shape index (κ2) is 11.3. The first-order chi connectivity index (χ1) is 25.8. The second-order valence-corrected chi connectivity index (χ2v) is 14.8. The molecule has 0 amide bonds. The predicted octanol–water partition coefficient (Wildman–Crippen LogP) is 12.8. The fourth-order valence-corrected chi connectivity index (χ4v) is 9.81. The summed E-state index contributed by atoms with van der Waals surface area (Å²) in [5.74, 6) is 0.724. The molecule has 10 aromatic rings. The summed E-state index contributed by atoms with van der Waals surface area (Å²) in [7, 11) is 0. The van der Waals surface area contributed by atoms with Gasteiger partial charge >= 0.3 is 0 Å². The maximum absolute atomic E-state index is 5.28. The number of nitrogens with zero attached hydrogens (tertiary/aromatic N) is 2. The average molecular weight is 679 g/mol. The molecule has 0 radical (unpaired) electrons. The van der Waals surface area contributed by atoms with E-state index in [9.17, 15) is 0 Å². The lowest BCUT2D eigenvalue weighted by atomic mass is 9.67. The second-order valence-electron chi connectivity index (χ2n) is 13.7. The van der Waals surface area contributed by atoms with Crippen molar-refractivity contribution >= 4 is 53.2 Å². The molecule has 2 nitrogen and oxygen atoms in total. The Hall–Kier alpha value is -6.42. The van der Waals surface area contributed by atoms with Gasteiger partial charge in [0.05, 0.1) is 16.6 Å². The highest BCUT2D eigenvalue weighted by atomic mass is 32.1. The number of hydrogen-bond donors (Lipinski definition) is 0. The Morgan fingerprint density at radius 1 is 0.404 bits per heavy atom. The molecule has 0 spiro atoms. The summed E-state index contributed by atoms with van der Waals surface area (Å²) in [5.41, 5.74) is 11.2. The highest BCUT2D eigenvalue weighted by Crippen LogP contribution is 2.56. The zero-order chi connectivity index (χ0) is 34.2. The van der Waals surface area contributed by atoms with E-state index in [0.29, 0.717) is 0 Å². The van der Waals surface area contributed by atoms with Crippen LogP contribution in [0.4, 0.5) is 0 Å². The summed E-state index contributed by atoms with van der Waals surface area (Å²) >= 11 is 1.88. The monoisotopic (exact) mass is 678 g/mol. The van der Waals surface area contributed by atoms with Crippen molar-refractivity contribution in [3.8, 4) is 33.8 Å². The highest BCUT2D eigenvalue weighted by Gasteiger charge is 2.46. The molecule has 0 aliphatic heterocycles. The van der Waals surface area contributed by atoms with Gasteiger partial charge in [-0.25, -0.2) is 9.97 Å². The van der Waals surface area contributed by atoms with E-state index >= 15 is 0 Å². The summed E-state index contributed by atoms with van der Waals surface area (Å²) in [5, 5.41) is 5.99. The summed E-state index contributed by atoms with van der Waals surface area (Å²) in [4.78, 5) is 10.5. The minimum atomic E-state index is -0.494. The van der Waals surface area contributed by atoms with E-state index in [0.717, 1.165) is 38.9 Å². The third-order valence-corrected chi connectivity index (χ3v) is 12.1. The Morgan fingerprint density at radius 2 is 1.02 bits per heavy atom. The summed E-state index contributed by atoms with van der Waals surface area (Å²) in [6.07, 6.45) is 0. The van der Waals surface area contributed by atoms with Crippen molar-refractivity contribution in [3.63, 3.8) is 0 Å². The number of fused-ring (bicyclic) bond motifs is 9. The fourth-order valence-electron chi connectivity index (χ4n) is 8.66. The normalized spacial score (nSPS) is 13.2. The molecular formula is C49H30N2S. The number of benzene rings is 8. The SMILES string of the molecule is c1ccc(-c2nc(-c3ccc(C4(c5ccc6c(c5)sc5ccccc56)c5ccccc5-c5ccccc54)cc3)nc3c2ccc2ccccc23)cc1. The third kappa shape index (κ3) is 4.17. The van der Waals surface area contributed by atoms with Crippen LogP contribution < -0.4 is 0 Å². The smallest absolute Gasteiger partial charge is 0.160 e. The van der Waals surface area contributed by atoms with E-state index in [1.165, 1.54) is 58.9 Å². The molecule has 2 aromatic heterocycles. The van der Waals surface area contributed by atoms with Crippen LogP contribution >= 0.6 is 11.3 Å². The van der Waals surface area contributed by atoms with Crippen LogP contribution in [0.1, 0.15) is 22.3 Å². The Bertz CT molecular complexity index is 2970. The molecule has 0 atom stereocenters. The topological polar surface area (TPSA) is 25.8 Å². The van der Waals surface area contributed by atoms with Gasteiger partial charge < -0.3 is 0 Å². The van der Waals surface area contributed by atoms with Crippen LogP contribution in [-0.4, -0.2) is 9.97 Å². The molecule has 0 fully saturated rings. The number of hydrogen-bond acceptors (Lipinski definition) is 3. The average Bonchev–Trinajstić information content (AvgIpc) is 3.74. The van der Waals surface area contributed by atoms with Crippen LogP contribution in [-0.2, 0) is 5.41 Å². The van der Waals surface area contributed by atoms with Gasteiger partial charge in [0.15, 0.2) is 5.82 Å². The van der Waals surface area contributed by atoms with Gasteiger partial charge in [-0.15, -0.1) is 11.3 Å². The maximum atomic E-state index is 5.28. The summed E-state index contributed by atoms with van der Waals surface area (Å²) in [6.45, 7) is 0. The van der Waals surface area contributed by atoms with Crippen molar-refractivity contribution in [1.29, 1.82) is 0 Å². The standard InChI is InChI=1S/C49H30N2S/c1-2-13-32(14-3-1)46-41-28-24-31-12-4-5-15-36(31)47(41)51-48(50-46)33-22-25-34(26-23-33)49(42-19-9-6-16-37(42)38-17-7-10-20-43(38)49)35-27-29-40-39-18-8-11-21-44(39)52-45(40)30-35/h1-30H. The van der Waals surface area contributed by atoms with Gasteiger partial charge in [-0.3, -0.25) is 0 Å². The van der Waals surface area contributed by atoms with Crippen LogP contribution in [0.3, 0.4) is 0 Å². The minimum Gasteiger partial charge on any atom is -0.227 e. The molecule has 8 aromatic carbocycles. The molecule has 1 aliphatic rings. The maximum Gasteiger partial charge on any atom is 0.160 e. The zero-order valence-corrected chi connectivity index (χ0v) is 28.9. The fraction of sp³-hybridized carbons (Fsp3) is 0.0204. The van der Waals surface area contributed by atoms with E-state index in [1.807, 2.05) is 11.3 Å². The van der Waals surface area contributed by atoms with Crippen LogP contribution in [0, 0.1) is 0 Å². The van der Waals surface area contributed by atoms with Crippen LogP contribution in [0.25, 0.3) is 75.6 Å². The van der Waals surface area contributed by atoms with Gasteiger partial charge in [0.1, 0.15) is 0 Å². The number of aromatic nitrogens is 2. The van der Waals surface area contributed by atoms with Gasteiger partial charge in [0, 0.05) is 42.1 Å². The first-order valence-electron chi connectivity index (χ1n) is 17.7. The Kier molecular flexibility index (Phi) is 6.37. The largest absolute Gasteiger partial charge is 0.227 e. The summed E-state index contributed by atoms with van der Waals surface area (Å²) < 4.78 is 2.63. The van der Waals surface area contributed by atoms with Crippen molar-refractivity contribution in [1.82, 2.24) is 9.97 Å². The Morgan fingerprint density at radius 3 is 1.81 bits per heavy atom. The van der Waals surface area contributed by atoms with E-state index in [4.69, 9.17) is 9.97 Å². The molecule has 0 saturated heterocycles. The van der Waals surface area contributed by atoms with Gasteiger partial charge in [-0.2, -0.15) is 0 Å². The van der Waals surface area contributed by atoms with E-state index in [-0.39, 0.29) is 0 Å². The van der Waals surface area contributed by atoms with E-state index < -0.39 is 5.41 Å². The van der Waals surface area contributed by atoms with Crippen LogP contribution in [0.15, 0.2) is 182 Å². The van der Waals surface area contributed by atoms with Gasteiger partial charge in [-0.1, -0.05) is 164 Å². The lowest BCUT2D eigenvalue weighted by Crippen LogP contribution is -2.28. The van der Waals surface area contributed by atoms with Gasteiger partial charge in [0.2, 0.25) is 0 Å². The molecule has 11 rings (SSSR count). The highest BCUT2D eigenvalue weighted by molar-refractivity contribution is 7.25. The Balaban J connectivity index is 1.15. The van der Waals surface area contributed by atoms with E-state index in [2.05, 4.69) is 182 Å². The zero-order valence-electron chi connectivity index (χ0n) is 28.1. The lowest BCUT2D eigenvalue weighted by Gasteiger charge is -2.34. The molecular weight excluding hydrogens is 649 g/mol. The van der Waals surface area contributed by atoms with Crippen LogP contribution in [0.5, 0.6) is 0 Å². The molecule has 1 aliphatic carbocycles. The van der Waals surface area contributed by atoms with Gasteiger partial charge in [-0.05, 0) is 57.0 Å². The predicted molar refractivity (Wildman–Crippen MR) is 218 cm³/mol. The molecule has 242 valence electrons. The first kappa shape index (κ1) is 29.3. The molecule has 0 unspecified atom stereocenters. The quantitative estimate of drug-likeness (QED) is 0.173. The van der Waals surface area contributed by atoms with E-state index in [1.54, 1.807) is 0 Å².